The quantitative estimate of drug-likeness (QED) is 0.883. The lowest BCUT2D eigenvalue weighted by Gasteiger charge is -2.22. The van der Waals surface area contributed by atoms with Crippen LogP contribution in [0.5, 0.6) is 0 Å². The molecule has 2 amide bonds. The maximum absolute atomic E-state index is 12.9. The zero-order chi connectivity index (χ0) is 19.3. The second-order valence-electron chi connectivity index (χ2n) is 7.71. The molecule has 0 radical (unpaired) electrons. The number of hydrogen-bond acceptors (Lipinski definition) is 4. The Bertz CT molecular complexity index is 795. The van der Waals surface area contributed by atoms with E-state index < -0.39 is 0 Å². The van der Waals surface area contributed by atoms with Crippen LogP contribution in [0, 0.1) is 5.92 Å². The zero-order valence-corrected chi connectivity index (χ0v) is 16.1. The number of rotatable bonds is 4. The number of amides is 2. The minimum Gasteiger partial charge on any atom is -0.472 e. The molecule has 1 unspecified atom stereocenters. The van der Waals surface area contributed by atoms with Crippen molar-refractivity contribution in [1.82, 2.24) is 15.1 Å². The molecule has 0 aliphatic carbocycles. The number of carbonyl (C=O) groups excluding carboxylic acids is 2. The Morgan fingerprint density at radius 2 is 1.68 bits per heavy atom. The van der Waals surface area contributed by atoms with Gasteiger partial charge < -0.3 is 19.5 Å². The van der Waals surface area contributed by atoms with Gasteiger partial charge in [-0.1, -0.05) is 12.1 Å². The van der Waals surface area contributed by atoms with Crippen LogP contribution in [0.2, 0.25) is 0 Å². The lowest BCUT2D eigenvalue weighted by Crippen LogP contribution is -2.37. The molecular weight excluding hydrogens is 354 g/mol. The number of carbonyl (C=O) groups is 2. The first-order valence-corrected chi connectivity index (χ1v) is 10.1. The van der Waals surface area contributed by atoms with Crippen molar-refractivity contribution < 1.29 is 14.0 Å². The standard InChI is InChI=1S/C22H27N3O3/c26-21(19-4-2-17(3-5-19)14-18-6-8-23-15-18)24-9-1-10-25(12-11-24)22(27)20-7-13-28-16-20/h2-5,7,13,16,18,23H,1,6,8-12,14-15H2. The number of benzene rings is 1. The van der Waals surface area contributed by atoms with Crippen molar-refractivity contribution in [3.05, 3.63) is 59.5 Å². The highest BCUT2D eigenvalue weighted by Crippen LogP contribution is 2.17. The van der Waals surface area contributed by atoms with Crippen molar-refractivity contribution in [3.63, 3.8) is 0 Å². The molecule has 1 N–H and O–H groups in total. The SMILES string of the molecule is O=C(c1ccc(CC2CCNC2)cc1)N1CCCN(C(=O)c2ccoc2)CC1. The van der Waals surface area contributed by atoms with Gasteiger partial charge in [-0.25, -0.2) is 0 Å². The maximum atomic E-state index is 12.9. The van der Waals surface area contributed by atoms with E-state index in [4.69, 9.17) is 4.42 Å². The van der Waals surface area contributed by atoms with Crippen molar-refractivity contribution in [2.75, 3.05) is 39.3 Å². The summed E-state index contributed by atoms with van der Waals surface area (Å²) in [5.74, 6) is 0.714. The van der Waals surface area contributed by atoms with Crippen molar-refractivity contribution in [3.8, 4) is 0 Å². The van der Waals surface area contributed by atoms with Gasteiger partial charge in [-0.3, -0.25) is 9.59 Å². The lowest BCUT2D eigenvalue weighted by molar-refractivity contribution is 0.0718. The predicted octanol–water partition coefficient (Wildman–Crippen LogP) is 2.42. The first-order valence-electron chi connectivity index (χ1n) is 10.1. The van der Waals surface area contributed by atoms with Crippen LogP contribution in [0.3, 0.4) is 0 Å². The highest BCUT2D eigenvalue weighted by molar-refractivity contribution is 5.95. The third kappa shape index (κ3) is 4.28. The maximum Gasteiger partial charge on any atom is 0.257 e. The molecular formula is C22H27N3O3. The molecule has 0 bridgehead atoms. The van der Waals surface area contributed by atoms with E-state index in [0.29, 0.717) is 37.7 Å². The number of hydrogen-bond donors (Lipinski definition) is 1. The molecule has 2 aromatic rings. The summed E-state index contributed by atoms with van der Waals surface area (Å²) in [4.78, 5) is 29.1. The van der Waals surface area contributed by atoms with Crippen LogP contribution >= 0.6 is 0 Å². The lowest BCUT2D eigenvalue weighted by atomic mass is 9.98. The molecule has 0 spiro atoms. The van der Waals surface area contributed by atoms with Gasteiger partial charge in [0.1, 0.15) is 6.26 Å². The van der Waals surface area contributed by atoms with Gasteiger partial charge in [-0.2, -0.15) is 0 Å². The van der Waals surface area contributed by atoms with Crippen LogP contribution in [0.25, 0.3) is 0 Å². The van der Waals surface area contributed by atoms with Gasteiger partial charge in [-0.15, -0.1) is 0 Å². The molecule has 1 aromatic carbocycles. The Labute approximate surface area is 165 Å². The molecule has 148 valence electrons. The Morgan fingerprint density at radius 3 is 2.29 bits per heavy atom. The van der Waals surface area contributed by atoms with E-state index in [-0.39, 0.29) is 11.8 Å². The summed E-state index contributed by atoms with van der Waals surface area (Å²) in [6.45, 7) is 4.62. The molecule has 28 heavy (non-hydrogen) atoms. The highest BCUT2D eigenvalue weighted by Gasteiger charge is 2.24. The van der Waals surface area contributed by atoms with E-state index >= 15 is 0 Å². The Hall–Kier alpha value is -2.60. The molecule has 1 atom stereocenters. The topological polar surface area (TPSA) is 65.8 Å². The number of nitrogens with one attached hydrogen (secondary N) is 1. The molecule has 6 heteroatoms. The molecule has 1 aromatic heterocycles. The highest BCUT2D eigenvalue weighted by atomic mass is 16.3. The van der Waals surface area contributed by atoms with Crippen LogP contribution in [0.4, 0.5) is 0 Å². The van der Waals surface area contributed by atoms with E-state index in [2.05, 4.69) is 17.4 Å². The van der Waals surface area contributed by atoms with Crippen molar-refractivity contribution in [2.24, 2.45) is 5.92 Å². The Balaban J connectivity index is 1.34. The van der Waals surface area contributed by atoms with Crippen LogP contribution in [-0.2, 0) is 6.42 Å². The minimum absolute atomic E-state index is 0.0335. The van der Waals surface area contributed by atoms with E-state index in [1.54, 1.807) is 11.0 Å². The third-order valence-corrected chi connectivity index (χ3v) is 5.73. The van der Waals surface area contributed by atoms with E-state index in [9.17, 15) is 9.59 Å². The van der Waals surface area contributed by atoms with Gasteiger partial charge >= 0.3 is 0 Å². The summed E-state index contributed by atoms with van der Waals surface area (Å²) < 4.78 is 5.01. The van der Waals surface area contributed by atoms with Crippen LogP contribution in [-0.4, -0.2) is 60.9 Å². The normalized spacial score (nSPS) is 20.2. The molecule has 4 rings (SSSR count). The minimum atomic E-state index is -0.0335. The van der Waals surface area contributed by atoms with Gasteiger partial charge in [-0.05, 0) is 62.0 Å². The number of furan rings is 1. The summed E-state index contributed by atoms with van der Waals surface area (Å²) in [5, 5.41) is 3.40. The molecule has 2 saturated heterocycles. The van der Waals surface area contributed by atoms with Crippen molar-refractivity contribution in [1.29, 1.82) is 0 Å². The smallest absolute Gasteiger partial charge is 0.257 e. The first-order chi connectivity index (χ1) is 13.7. The summed E-state index contributed by atoms with van der Waals surface area (Å²) in [7, 11) is 0. The molecule has 2 aliphatic rings. The fourth-order valence-corrected chi connectivity index (χ4v) is 4.08. The molecule has 3 heterocycles. The summed E-state index contributed by atoms with van der Waals surface area (Å²) in [5.41, 5.74) is 2.58. The first kappa shape index (κ1) is 18.7. The van der Waals surface area contributed by atoms with Gasteiger partial charge in [0.05, 0.1) is 11.8 Å². The molecule has 0 saturated carbocycles. The van der Waals surface area contributed by atoms with Gasteiger partial charge in [0.15, 0.2) is 0 Å². The number of nitrogens with zero attached hydrogens (tertiary/aromatic N) is 2. The largest absolute Gasteiger partial charge is 0.472 e. The molecule has 6 nitrogen and oxygen atoms in total. The third-order valence-electron chi connectivity index (χ3n) is 5.73. The fraction of sp³-hybridized carbons (Fsp3) is 0.455. The van der Waals surface area contributed by atoms with Crippen molar-refractivity contribution >= 4 is 11.8 Å². The fourth-order valence-electron chi connectivity index (χ4n) is 4.08. The van der Waals surface area contributed by atoms with Crippen molar-refractivity contribution in [2.45, 2.75) is 19.3 Å². The summed E-state index contributed by atoms with van der Waals surface area (Å²) in [6.07, 6.45) is 6.05. The van der Waals surface area contributed by atoms with E-state index in [1.165, 1.54) is 24.5 Å². The summed E-state index contributed by atoms with van der Waals surface area (Å²) in [6, 6.07) is 9.73. The van der Waals surface area contributed by atoms with Crippen LogP contribution < -0.4 is 5.32 Å². The summed E-state index contributed by atoms with van der Waals surface area (Å²) >= 11 is 0. The monoisotopic (exact) mass is 381 g/mol. The predicted molar refractivity (Wildman–Crippen MR) is 106 cm³/mol. The van der Waals surface area contributed by atoms with Crippen LogP contribution in [0.1, 0.15) is 39.1 Å². The zero-order valence-electron chi connectivity index (χ0n) is 16.1. The van der Waals surface area contributed by atoms with E-state index in [0.717, 1.165) is 31.5 Å². The van der Waals surface area contributed by atoms with Crippen LogP contribution in [0.15, 0.2) is 47.3 Å². The van der Waals surface area contributed by atoms with E-state index in [1.807, 2.05) is 17.0 Å². The molecule has 2 aliphatic heterocycles. The van der Waals surface area contributed by atoms with Gasteiger partial charge in [0.2, 0.25) is 0 Å². The average Bonchev–Trinajstić information content (AvgIpc) is 3.38. The van der Waals surface area contributed by atoms with Gasteiger partial charge in [0.25, 0.3) is 11.8 Å². The second kappa shape index (κ2) is 8.61. The Morgan fingerprint density at radius 1 is 0.964 bits per heavy atom. The van der Waals surface area contributed by atoms with Gasteiger partial charge in [0, 0.05) is 31.7 Å². The average molecular weight is 381 g/mol. The second-order valence-corrected chi connectivity index (χ2v) is 7.71. The Kier molecular flexibility index (Phi) is 5.76. The molecule has 2 fully saturated rings.